The fourth-order valence-electron chi connectivity index (χ4n) is 1.46. The average Bonchev–Trinajstić information content (AvgIpc) is 2.47. The van der Waals surface area contributed by atoms with Crippen LogP contribution in [-0.2, 0) is 13.0 Å². The number of nitrogens with zero attached hydrogens (tertiary/aromatic N) is 2. The third-order valence-electron chi connectivity index (χ3n) is 2.01. The predicted octanol–water partition coefficient (Wildman–Crippen LogP) is 2.33. The number of hydrogen-bond acceptors (Lipinski definition) is 1. The second-order valence-corrected chi connectivity index (χ2v) is 2.82. The van der Waals surface area contributed by atoms with E-state index in [-0.39, 0.29) is 0 Å². The van der Waals surface area contributed by atoms with Gasteiger partial charge < -0.3 is 4.57 Å². The largest absolute Gasteiger partial charge is 0.337 e. The van der Waals surface area contributed by atoms with Crippen LogP contribution in [-0.4, -0.2) is 4.57 Å². The molecule has 2 nitrogen and oxygen atoms in total. The van der Waals surface area contributed by atoms with Crippen molar-refractivity contribution in [1.29, 1.82) is 5.26 Å². The maximum Gasteiger partial charge on any atom is 0.120 e. The third-order valence-corrected chi connectivity index (χ3v) is 2.01. The Bertz CT molecular complexity index is 291. The molecule has 0 saturated carbocycles. The van der Waals surface area contributed by atoms with Crippen LogP contribution in [0.5, 0.6) is 0 Å². The van der Waals surface area contributed by atoms with E-state index in [1.807, 2.05) is 12.1 Å². The van der Waals surface area contributed by atoms with Crippen molar-refractivity contribution in [2.75, 3.05) is 0 Å². The van der Waals surface area contributed by atoms with E-state index in [1.54, 1.807) is 0 Å². The molecule has 0 aliphatic rings. The van der Waals surface area contributed by atoms with Crippen LogP contribution in [0.4, 0.5) is 0 Å². The Kier molecular flexibility index (Phi) is 2.93. The molecule has 1 rings (SSSR count). The fourth-order valence-corrected chi connectivity index (χ4v) is 1.46. The van der Waals surface area contributed by atoms with E-state index in [2.05, 4.69) is 24.5 Å². The van der Waals surface area contributed by atoms with Crippen LogP contribution in [0.3, 0.4) is 0 Å². The molecule has 0 N–H and O–H groups in total. The first kappa shape index (κ1) is 8.86. The average molecular weight is 162 g/mol. The summed E-state index contributed by atoms with van der Waals surface area (Å²) in [6, 6.07) is 6.13. The lowest BCUT2D eigenvalue weighted by atomic mass is 10.2. The van der Waals surface area contributed by atoms with Crippen LogP contribution < -0.4 is 0 Å². The standard InChI is InChI=1S/C10H14N2/c1-3-5-9-6-7-10(8-11)12(9)4-2/h6-7H,3-5H2,1-2H3. The van der Waals surface area contributed by atoms with Gasteiger partial charge in [0, 0.05) is 12.2 Å². The number of rotatable bonds is 3. The smallest absolute Gasteiger partial charge is 0.120 e. The summed E-state index contributed by atoms with van der Waals surface area (Å²) in [6.45, 7) is 5.12. The topological polar surface area (TPSA) is 28.7 Å². The first-order valence-corrected chi connectivity index (χ1v) is 4.42. The van der Waals surface area contributed by atoms with Gasteiger partial charge in [-0.2, -0.15) is 5.26 Å². The highest BCUT2D eigenvalue weighted by Crippen LogP contribution is 2.10. The molecule has 1 aromatic heterocycles. The van der Waals surface area contributed by atoms with Crippen molar-refractivity contribution >= 4 is 0 Å². The monoisotopic (exact) mass is 162 g/mol. The molecule has 0 atom stereocenters. The number of aryl methyl sites for hydroxylation is 1. The second-order valence-electron chi connectivity index (χ2n) is 2.82. The maximum absolute atomic E-state index is 8.76. The summed E-state index contributed by atoms with van der Waals surface area (Å²) in [5, 5.41) is 8.76. The molecular formula is C10H14N2. The van der Waals surface area contributed by atoms with Crippen molar-refractivity contribution in [2.24, 2.45) is 0 Å². The van der Waals surface area contributed by atoms with Gasteiger partial charge in [0.05, 0.1) is 0 Å². The Morgan fingerprint density at radius 3 is 2.67 bits per heavy atom. The highest BCUT2D eigenvalue weighted by molar-refractivity contribution is 5.27. The van der Waals surface area contributed by atoms with Crippen molar-refractivity contribution in [3.8, 4) is 6.07 Å². The molecule has 0 unspecified atom stereocenters. The van der Waals surface area contributed by atoms with Crippen LogP contribution in [0.15, 0.2) is 12.1 Å². The van der Waals surface area contributed by atoms with Crippen LogP contribution in [0.25, 0.3) is 0 Å². The van der Waals surface area contributed by atoms with Crippen LogP contribution in [0, 0.1) is 11.3 Å². The summed E-state index contributed by atoms with van der Waals surface area (Å²) < 4.78 is 2.07. The summed E-state index contributed by atoms with van der Waals surface area (Å²) in [5.74, 6) is 0. The molecule has 0 amide bonds. The normalized spacial score (nSPS) is 9.75. The molecule has 0 fully saturated rings. The second kappa shape index (κ2) is 3.96. The molecule has 0 aliphatic carbocycles. The Balaban J connectivity index is 2.98. The molecule has 0 spiro atoms. The van der Waals surface area contributed by atoms with Gasteiger partial charge in [0.2, 0.25) is 0 Å². The van der Waals surface area contributed by atoms with Crippen LogP contribution >= 0.6 is 0 Å². The maximum atomic E-state index is 8.76. The van der Waals surface area contributed by atoms with Gasteiger partial charge in [-0.05, 0) is 25.5 Å². The zero-order chi connectivity index (χ0) is 8.97. The molecule has 0 saturated heterocycles. The van der Waals surface area contributed by atoms with Gasteiger partial charge in [0.1, 0.15) is 11.8 Å². The van der Waals surface area contributed by atoms with E-state index in [1.165, 1.54) is 5.69 Å². The molecule has 0 radical (unpaired) electrons. The molecular weight excluding hydrogens is 148 g/mol. The molecule has 1 heterocycles. The summed E-state index contributed by atoms with van der Waals surface area (Å²) in [6.07, 6.45) is 2.20. The van der Waals surface area contributed by atoms with Crippen molar-refractivity contribution in [2.45, 2.75) is 33.2 Å². The van der Waals surface area contributed by atoms with Crippen molar-refractivity contribution < 1.29 is 0 Å². The minimum Gasteiger partial charge on any atom is -0.337 e. The first-order valence-electron chi connectivity index (χ1n) is 4.42. The SMILES string of the molecule is CCCc1ccc(C#N)n1CC. The Labute approximate surface area is 73.4 Å². The Hall–Kier alpha value is -1.23. The van der Waals surface area contributed by atoms with Gasteiger partial charge in [-0.15, -0.1) is 0 Å². The highest BCUT2D eigenvalue weighted by Gasteiger charge is 2.03. The summed E-state index contributed by atoms with van der Waals surface area (Å²) >= 11 is 0. The van der Waals surface area contributed by atoms with E-state index >= 15 is 0 Å². The molecule has 0 aliphatic heterocycles. The van der Waals surface area contributed by atoms with Gasteiger partial charge in [-0.1, -0.05) is 13.3 Å². The molecule has 1 aromatic rings. The number of nitriles is 1. The molecule has 0 aromatic carbocycles. The van der Waals surface area contributed by atoms with E-state index in [4.69, 9.17) is 5.26 Å². The van der Waals surface area contributed by atoms with E-state index in [0.717, 1.165) is 25.1 Å². The number of hydrogen-bond donors (Lipinski definition) is 0. The quantitative estimate of drug-likeness (QED) is 0.670. The highest BCUT2D eigenvalue weighted by atomic mass is 15.0. The summed E-state index contributed by atoms with van der Waals surface area (Å²) in [4.78, 5) is 0. The van der Waals surface area contributed by atoms with E-state index in [9.17, 15) is 0 Å². The minimum atomic E-state index is 0.779. The minimum absolute atomic E-state index is 0.779. The van der Waals surface area contributed by atoms with Crippen LogP contribution in [0.1, 0.15) is 31.7 Å². The molecule has 2 heteroatoms. The third kappa shape index (κ3) is 1.50. The number of aromatic nitrogens is 1. The molecule has 12 heavy (non-hydrogen) atoms. The van der Waals surface area contributed by atoms with Crippen LogP contribution in [0.2, 0.25) is 0 Å². The Morgan fingerprint density at radius 2 is 2.17 bits per heavy atom. The Morgan fingerprint density at radius 1 is 1.42 bits per heavy atom. The molecule has 64 valence electrons. The first-order chi connectivity index (χ1) is 5.83. The van der Waals surface area contributed by atoms with E-state index in [0.29, 0.717) is 0 Å². The zero-order valence-electron chi connectivity index (χ0n) is 7.67. The van der Waals surface area contributed by atoms with Crippen molar-refractivity contribution in [3.63, 3.8) is 0 Å². The van der Waals surface area contributed by atoms with Gasteiger partial charge in [0.15, 0.2) is 0 Å². The lowest BCUT2D eigenvalue weighted by molar-refractivity contribution is 0.694. The van der Waals surface area contributed by atoms with Gasteiger partial charge in [-0.25, -0.2) is 0 Å². The van der Waals surface area contributed by atoms with Gasteiger partial charge in [-0.3, -0.25) is 0 Å². The zero-order valence-corrected chi connectivity index (χ0v) is 7.67. The fraction of sp³-hybridized carbons (Fsp3) is 0.500. The van der Waals surface area contributed by atoms with Gasteiger partial charge >= 0.3 is 0 Å². The van der Waals surface area contributed by atoms with E-state index < -0.39 is 0 Å². The van der Waals surface area contributed by atoms with Crippen molar-refractivity contribution in [1.82, 2.24) is 4.57 Å². The summed E-state index contributed by atoms with van der Waals surface area (Å²) in [5.41, 5.74) is 2.05. The predicted molar refractivity (Wildman–Crippen MR) is 48.8 cm³/mol. The summed E-state index contributed by atoms with van der Waals surface area (Å²) in [7, 11) is 0. The molecule has 0 bridgehead atoms. The van der Waals surface area contributed by atoms with Crippen molar-refractivity contribution in [3.05, 3.63) is 23.5 Å². The van der Waals surface area contributed by atoms with Gasteiger partial charge in [0.25, 0.3) is 0 Å². The lowest BCUT2D eigenvalue weighted by Crippen LogP contribution is -2.02. The lowest BCUT2D eigenvalue weighted by Gasteiger charge is -2.05.